The zero-order valence-corrected chi connectivity index (χ0v) is 11.1. The number of esters is 1. The van der Waals surface area contributed by atoms with E-state index in [0.29, 0.717) is 16.7 Å². The molecule has 0 atom stereocenters. The van der Waals surface area contributed by atoms with Crippen molar-refractivity contribution in [3.8, 4) is 24.2 Å². The summed E-state index contributed by atoms with van der Waals surface area (Å²) in [6, 6.07) is 8.85. The molecule has 0 fully saturated rings. The van der Waals surface area contributed by atoms with E-state index < -0.39 is 5.97 Å². The van der Waals surface area contributed by atoms with Crippen molar-refractivity contribution in [1.82, 2.24) is 0 Å². The second-order valence-electron chi connectivity index (χ2n) is 3.62. The molecule has 0 aliphatic heterocycles. The highest BCUT2D eigenvalue weighted by molar-refractivity contribution is 7.10. The van der Waals surface area contributed by atoms with E-state index in [4.69, 9.17) is 6.42 Å². The van der Waals surface area contributed by atoms with Crippen LogP contribution in [0.3, 0.4) is 0 Å². The maximum atomic E-state index is 11.5. The molecule has 2 aromatic rings. The smallest absolute Gasteiger partial charge is 0.337 e. The van der Waals surface area contributed by atoms with Crippen LogP contribution in [-0.4, -0.2) is 13.1 Å². The average Bonchev–Trinajstić information content (AvgIpc) is 2.97. The van der Waals surface area contributed by atoms with Crippen LogP contribution >= 0.6 is 11.3 Å². The third-order valence-corrected chi connectivity index (χ3v) is 3.22. The number of terminal acetylenes is 1. The molecule has 0 saturated carbocycles. The molecule has 2 nitrogen and oxygen atoms in total. The lowest BCUT2D eigenvalue weighted by molar-refractivity contribution is 0.0600. The van der Waals surface area contributed by atoms with Gasteiger partial charge in [-0.25, -0.2) is 4.79 Å². The molecule has 0 aliphatic carbocycles. The molecule has 0 spiro atoms. The number of benzene rings is 1. The minimum absolute atomic E-state index is 0.400. The van der Waals surface area contributed by atoms with E-state index in [1.54, 1.807) is 29.5 Å². The van der Waals surface area contributed by atoms with Gasteiger partial charge >= 0.3 is 5.97 Å². The van der Waals surface area contributed by atoms with Crippen molar-refractivity contribution < 1.29 is 9.53 Å². The van der Waals surface area contributed by atoms with Crippen LogP contribution in [-0.2, 0) is 4.74 Å². The number of hydrogen-bond donors (Lipinski definition) is 0. The van der Waals surface area contributed by atoms with Gasteiger partial charge in [-0.2, -0.15) is 0 Å². The third-order valence-electron chi connectivity index (χ3n) is 2.44. The maximum absolute atomic E-state index is 11.5. The van der Waals surface area contributed by atoms with Crippen LogP contribution in [0, 0.1) is 24.2 Å². The summed E-state index contributed by atoms with van der Waals surface area (Å²) in [6.07, 6.45) is 5.43. The van der Waals surface area contributed by atoms with Crippen molar-refractivity contribution in [2.24, 2.45) is 0 Å². The second kappa shape index (κ2) is 5.91. The van der Waals surface area contributed by atoms with Gasteiger partial charge in [-0.3, -0.25) is 0 Å². The zero-order valence-electron chi connectivity index (χ0n) is 10.3. The van der Waals surface area contributed by atoms with Gasteiger partial charge in [-0.15, -0.1) is 17.8 Å². The summed E-state index contributed by atoms with van der Waals surface area (Å²) in [7, 11) is 1.34. The standard InChI is InChI=1S/C16H10O2S/c1-3-12-6-7-14(16(17)18-2)11-13(12)8-9-15-5-4-10-19-15/h1,4-7,10-11H,2H3. The molecule has 92 valence electrons. The summed E-state index contributed by atoms with van der Waals surface area (Å²) < 4.78 is 4.68. The number of carbonyl (C=O) groups is 1. The summed E-state index contributed by atoms with van der Waals surface area (Å²) in [5, 5.41) is 1.96. The predicted octanol–water partition coefficient (Wildman–Crippen LogP) is 2.92. The molecule has 3 heteroatoms. The molecule has 0 N–H and O–H groups in total. The predicted molar refractivity (Wildman–Crippen MR) is 76.0 cm³/mol. The molecular weight excluding hydrogens is 256 g/mol. The summed E-state index contributed by atoms with van der Waals surface area (Å²) in [5.41, 5.74) is 1.76. The van der Waals surface area contributed by atoms with E-state index in [1.807, 2.05) is 17.5 Å². The topological polar surface area (TPSA) is 26.3 Å². The molecule has 2 rings (SSSR count). The molecule has 0 amide bonds. The van der Waals surface area contributed by atoms with Gasteiger partial charge in [0.25, 0.3) is 0 Å². The fourth-order valence-electron chi connectivity index (χ4n) is 1.50. The Kier molecular flexibility index (Phi) is 4.03. The van der Waals surface area contributed by atoms with Gasteiger partial charge in [-0.05, 0) is 29.6 Å². The van der Waals surface area contributed by atoms with E-state index in [9.17, 15) is 4.79 Å². The van der Waals surface area contributed by atoms with Gasteiger partial charge in [0.05, 0.1) is 17.6 Å². The van der Waals surface area contributed by atoms with Crippen LogP contribution in [0.4, 0.5) is 0 Å². The normalized spacial score (nSPS) is 9.05. The van der Waals surface area contributed by atoms with Gasteiger partial charge in [0.2, 0.25) is 0 Å². The van der Waals surface area contributed by atoms with E-state index in [1.165, 1.54) is 7.11 Å². The highest BCUT2D eigenvalue weighted by atomic mass is 32.1. The maximum Gasteiger partial charge on any atom is 0.337 e. The zero-order chi connectivity index (χ0) is 13.7. The van der Waals surface area contributed by atoms with Gasteiger partial charge in [0, 0.05) is 11.1 Å². The summed E-state index contributed by atoms with van der Waals surface area (Å²) in [6.45, 7) is 0. The molecule has 0 bridgehead atoms. The van der Waals surface area contributed by atoms with Crippen molar-refractivity contribution in [3.63, 3.8) is 0 Å². The summed E-state index contributed by atoms with van der Waals surface area (Å²) in [5.74, 6) is 8.18. The molecule has 0 radical (unpaired) electrons. The molecule has 1 aromatic carbocycles. The number of rotatable bonds is 1. The summed E-state index contributed by atoms with van der Waals surface area (Å²) in [4.78, 5) is 12.4. The first-order valence-corrected chi connectivity index (χ1v) is 6.37. The third kappa shape index (κ3) is 3.04. The lowest BCUT2D eigenvalue weighted by Crippen LogP contribution is -2.02. The molecule has 0 aliphatic rings. The number of thiophene rings is 1. The Balaban J connectivity index is 2.43. The highest BCUT2D eigenvalue weighted by Crippen LogP contribution is 2.12. The van der Waals surface area contributed by atoms with Crippen LogP contribution in [0.5, 0.6) is 0 Å². The van der Waals surface area contributed by atoms with E-state index >= 15 is 0 Å². The van der Waals surface area contributed by atoms with Gasteiger partial charge in [-0.1, -0.05) is 23.8 Å². The van der Waals surface area contributed by atoms with Crippen molar-refractivity contribution in [2.45, 2.75) is 0 Å². The van der Waals surface area contributed by atoms with Crippen LogP contribution in [0.15, 0.2) is 35.7 Å². The van der Waals surface area contributed by atoms with Crippen molar-refractivity contribution in [1.29, 1.82) is 0 Å². The first-order valence-electron chi connectivity index (χ1n) is 5.49. The van der Waals surface area contributed by atoms with Crippen molar-refractivity contribution >= 4 is 17.3 Å². The number of methoxy groups -OCH3 is 1. The van der Waals surface area contributed by atoms with E-state index in [0.717, 1.165) is 4.88 Å². The Morgan fingerprint density at radius 3 is 2.74 bits per heavy atom. The largest absolute Gasteiger partial charge is 0.465 e. The first-order chi connectivity index (χ1) is 9.24. The molecular formula is C16H10O2S. The summed E-state index contributed by atoms with van der Waals surface area (Å²) >= 11 is 1.55. The number of ether oxygens (including phenoxy) is 1. The fraction of sp³-hybridized carbons (Fsp3) is 0.0625. The van der Waals surface area contributed by atoms with Gasteiger partial charge in [0.15, 0.2) is 0 Å². The minimum Gasteiger partial charge on any atom is -0.465 e. The Morgan fingerprint density at radius 2 is 2.11 bits per heavy atom. The molecule has 1 heterocycles. The first kappa shape index (κ1) is 13.0. The lowest BCUT2D eigenvalue weighted by Gasteiger charge is -2.01. The van der Waals surface area contributed by atoms with Gasteiger partial charge < -0.3 is 4.74 Å². The quantitative estimate of drug-likeness (QED) is 0.586. The average molecular weight is 266 g/mol. The van der Waals surface area contributed by atoms with E-state index in [-0.39, 0.29) is 0 Å². The molecule has 0 unspecified atom stereocenters. The number of carbonyl (C=O) groups excluding carboxylic acids is 1. The second-order valence-corrected chi connectivity index (χ2v) is 4.57. The van der Waals surface area contributed by atoms with Crippen molar-refractivity contribution in [2.75, 3.05) is 7.11 Å². The Bertz CT molecular complexity index is 695. The fourth-order valence-corrected chi connectivity index (χ4v) is 2.07. The Labute approximate surface area is 116 Å². The highest BCUT2D eigenvalue weighted by Gasteiger charge is 2.07. The lowest BCUT2D eigenvalue weighted by atomic mass is 10.0. The van der Waals surface area contributed by atoms with Crippen LogP contribution < -0.4 is 0 Å². The van der Waals surface area contributed by atoms with Crippen molar-refractivity contribution in [3.05, 3.63) is 57.3 Å². The number of hydrogen-bond acceptors (Lipinski definition) is 3. The monoisotopic (exact) mass is 266 g/mol. The molecule has 19 heavy (non-hydrogen) atoms. The Hall–Kier alpha value is -2.49. The van der Waals surface area contributed by atoms with Crippen LogP contribution in [0.2, 0.25) is 0 Å². The van der Waals surface area contributed by atoms with Gasteiger partial charge in [0.1, 0.15) is 0 Å². The molecule has 1 aromatic heterocycles. The molecule has 0 saturated heterocycles. The van der Waals surface area contributed by atoms with E-state index in [2.05, 4.69) is 22.5 Å². The van der Waals surface area contributed by atoms with Crippen LogP contribution in [0.25, 0.3) is 0 Å². The Morgan fingerprint density at radius 1 is 1.26 bits per heavy atom. The minimum atomic E-state index is -0.400. The van der Waals surface area contributed by atoms with Crippen LogP contribution in [0.1, 0.15) is 26.4 Å². The SMILES string of the molecule is C#Cc1ccc(C(=O)OC)cc1C#Cc1cccs1.